The summed E-state index contributed by atoms with van der Waals surface area (Å²) >= 11 is 18.4. The van der Waals surface area contributed by atoms with Gasteiger partial charge in [-0.25, -0.2) is 0 Å². The molecule has 0 saturated carbocycles. The first kappa shape index (κ1) is 26.6. The lowest BCUT2D eigenvalue weighted by molar-refractivity contribution is -0.118. The number of pyridine rings is 1. The number of furan rings is 1. The molecule has 192 valence electrons. The summed E-state index contributed by atoms with van der Waals surface area (Å²) in [4.78, 5) is 16.5. The van der Waals surface area contributed by atoms with Gasteiger partial charge in [0.2, 0.25) is 5.91 Å². The Bertz CT molecular complexity index is 1250. The van der Waals surface area contributed by atoms with Crippen molar-refractivity contribution < 1.29 is 28.5 Å². The quantitative estimate of drug-likeness (QED) is 0.375. The van der Waals surface area contributed by atoms with Crippen LogP contribution in [0.4, 0.5) is 0 Å². The lowest BCUT2D eigenvalue weighted by Gasteiger charge is -2.31. The van der Waals surface area contributed by atoms with Crippen LogP contribution >= 0.6 is 34.8 Å². The molecule has 2 aromatic heterocycles. The van der Waals surface area contributed by atoms with Gasteiger partial charge in [0.05, 0.1) is 37.1 Å². The van der Waals surface area contributed by atoms with Gasteiger partial charge in [-0.3, -0.25) is 9.78 Å². The summed E-state index contributed by atoms with van der Waals surface area (Å²) in [5.74, 6) is 0.650. The van der Waals surface area contributed by atoms with Gasteiger partial charge in [-0.1, -0.05) is 34.8 Å². The highest BCUT2D eigenvalue weighted by Crippen LogP contribution is 2.45. The van der Waals surface area contributed by atoms with Crippen LogP contribution < -0.4 is 14.8 Å². The van der Waals surface area contributed by atoms with Gasteiger partial charge < -0.3 is 29.1 Å². The number of fused-ring (bicyclic) bond motifs is 1. The molecule has 36 heavy (non-hydrogen) atoms. The van der Waals surface area contributed by atoms with E-state index in [1.165, 1.54) is 25.8 Å². The van der Waals surface area contributed by atoms with Crippen molar-refractivity contribution in [1.29, 1.82) is 0 Å². The molecule has 11 heteroatoms. The maximum atomic E-state index is 12.0. The SMILES string of the molecule is COc1cc(OC)c(Cl)c(C(O)c2cc3cc(CC4COCCC4NC(=O)C=CCl)ncc3o2)c1Cl. The fourth-order valence-electron chi connectivity index (χ4n) is 4.29. The summed E-state index contributed by atoms with van der Waals surface area (Å²) in [7, 11) is 2.92. The minimum atomic E-state index is -1.27. The predicted octanol–water partition coefficient (Wildman–Crippen LogP) is 5.05. The number of aliphatic hydroxyl groups is 1. The molecule has 1 saturated heterocycles. The number of nitrogens with zero attached hydrogens (tertiary/aromatic N) is 1. The summed E-state index contributed by atoms with van der Waals surface area (Å²) in [6.45, 7) is 1.07. The zero-order valence-corrected chi connectivity index (χ0v) is 21.9. The molecule has 3 atom stereocenters. The number of methoxy groups -OCH3 is 2. The van der Waals surface area contributed by atoms with Crippen molar-refractivity contribution in [1.82, 2.24) is 10.3 Å². The Kier molecular flexibility index (Phi) is 8.64. The molecule has 1 aliphatic heterocycles. The molecule has 1 amide bonds. The van der Waals surface area contributed by atoms with Gasteiger partial charge in [0.25, 0.3) is 0 Å². The van der Waals surface area contributed by atoms with Crippen molar-refractivity contribution in [3.05, 3.63) is 63.1 Å². The van der Waals surface area contributed by atoms with E-state index in [0.717, 1.165) is 11.1 Å². The maximum Gasteiger partial charge on any atom is 0.245 e. The van der Waals surface area contributed by atoms with Crippen molar-refractivity contribution in [3.8, 4) is 11.5 Å². The van der Waals surface area contributed by atoms with Crippen molar-refractivity contribution >= 4 is 51.7 Å². The van der Waals surface area contributed by atoms with Crippen LogP contribution in [0.15, 0.2) is 40.4 Å². The molecule has 0 aliphatic carbocycles. The van der Waals surface area contributed by atoms with E-state index in [-0.39, 0.29) is 39.2 Å². The molecule has 0 bridgehead atoms. The van der Waals surface area contributed by atoms with Crippen LogP contribution in [0.1, 0.15) is 29.5 Å². The number of amides is 1. The van der Waals surface area contributed by atoms with E-state index in [1.807, 2.05) is 6.07 Å². The van der Waals surface area contributed by atoms with E-state index in [1.54, 1.807) is 18.3 Å². The predicted molar refractivity (Wildman–Crippen MR) is 137 cm³/mol. The third-order valence-corrected chi connectivity index (χ3v) is 7.02. The van der Waals surface area contributed by atoms with Crippen LogP contribution in [-0.2, 0) is 16.0 Å². The maximum absolute atomic E-state index is 12.0. The second-order valence-electron chi connectivity index (χ2n) is 8.32. The van der Waals surface area contributed by atoms with Gasteiger partial charge >= 0.3 is 0 Å². The normalized spacial score (nSPS) is 18.9. The van der Waals surface area contributed by atoms with Crippen molar-refractivity contribution in [2.24, 2.45) is 5.92 Å². The molecule has 0 spiro atoms. The Labute approximate surface area is 223 Å². The number of aliphatic hydroxyl groups excluding tert-OH is 1. The summed E-state index contributed by atoms with van der Waals surface area (Å²) in [5, 5.41) is 15.2. The third-order valence-electron chi connectivity index (χ3n) is 6.12. The number of ether oxygens (including phenoxy) is 3. The first-order valence-corrected chi connectivity index (χ1v) is 12.4. The Morgan fingerprint density at radius 2 is 1.97 bits per heavy atom. The molecule has 2 N–H and O–H groups in total. The summed E-state index contributed by atoms with van der Waals surface area (Å²) in [5.41, 5.74) is 2.69. The fourth-order valence-corrected chi connectivity index (χ4v) is 5.11. The fraction of sp³-hybridized carbons (Fsp3) is 0.360. The van der Waals surface area contributed by atoms with Gasteiger partial charge in [-0.15, -0.1) is 0 Å². The summed E-state index contributed by atoms with van der Waals surface area (Å²) in [6.07, 6.45) is 2.89. The van der Waals surface area contributed by atoms with Crippen molar-refractivity contribution in [2.75, 3.05) is 27.4 Å². The number of rotatable bonds is 8. The second kappa shape index (κ2) is 11.7. The number of halogens is 3. The molecular formula is C25H25Cl3N2O6. The van der Waals surface area contributed by atoms with Gasteiger partial charge in [-0.2, -0.15) is 0 Å². The minimum Gasteiger partial charge on any atom is -0.495 e. The molecule has 3 heterocycles. The Morgan fingerprint density at radius 1 is 1.25 bits per heavy atom. The number of carbonyl (C=O) groups excluding carboxylic acids is 1. The van der Waals surface area contributed by atoms with E-state index < -0.39 is 6.10 Å². The molecular weight excluding hydrogens is 531 g/mol. The van der Waals surface area contributed by atoms with Crippen LogP contribution in [0.5, 0.6) is 11.5 Å². The average Bonchev–Trinajstić information content (AvgIpc) is 3.29. The number of carbonyl (C=O) groups is 1. The van der Waals surface area contributed by atoms with E-state index >= 15 is 0 Å². The van der Waals surface area contributed by atoms with Crippen LogP contribution in [-0.4, -0.2) is 49.5 Å². The van der Waals surface area contributed by atoms with E-state index in [0.29, 0.717) is 43.1 Å². The first-order valence-electron chi connectivity index (χ1n) is 11.2. The minimum absolute atomic E-state index is 0.0372. The Hall–Kier alpha value is -2.49. The lowest BCUT2D eigenvalue weighted by atomic mass is 9.91. The number of hydrogen-bond donors (Lipinski definition) is 2. The second-order valence-corrected chi connectivity index (χ2v) is 9.33. The molecule has 3 aromatic rings. The van der Waals surface area contributed by atoms with Gasteiger partial charge in [-0.05, 0) is 25.0 Å². The first-order chi connectivity index (χ1) is 17.4. The standard InChI is InChI=1S/C25H25Cl3N2O6/c1-33-17-10-18(34-2)24(28)22(23(17)27)25(32)19-9-13-7-15(29-11-20(13)36-19)8-14-12-35-6-4-16(14)30-21(31)3-5-26/h3,5,7,9-11,14,16,25,32H,4,6,8,12H2,1-2H3,(H,30,31). The average molecular weight is 556 g/mol. The van der Waals surface area contributed by atoms with Crippen molar-refractivity contribution in [2.45, 2.75) is 25.0 Å². The summed E-state index contributed by atoms with van der Waals surface area (Å²) in [6, 6.07) is 5.08. The highest BCUT2D eigenvalue weighted by atomic mass is 35.5. The summed E-state index contributed by atoms with van der Waals surface area (Å²) < 4.78 is 22.1. The molecule has 3 unspecified atom stereocenters. The topological polar surface area (TPSA) is 103 Å². The number of nitrogens with one attached hydrogen (secondary N) is 1. The molecule has 0 radical (unpaired) electrons. The third kappa shape index (κ3) is 5.58. The monoisotopic (exact) mass is 554 g/mol. The lowest BCUT2D eigenvalue weighted by Crippen LogP contribution is -2.45. The highest BCUT2D eigenvalue weighted by molar-refractivity contribution is 6.38. The van der Waals surface area contributed by atoms with Gasteiger partial charge in [0.1, 0.15) is 23.4 Å². The van der Waals surface area contributed by atoms with E-state index in [4.69, 9.17) is 53.4 Å². The van der Waals surface area contributed by atoms with Gasteiger partial charge in [0.15, 0.2) is 5.58 Å². The Morgan fingerprint density at radius 3 is 2.64 bits per heavy atom. The van der Waals surface area contributed by atoms with Crippen LogP contribution in [0.3, 0.4) is 0 Å². The van der Waals surface area contributed by atoms with Crippen LogP contribution in [0, 0.1) is 5.92 Å². The molecule has 4 rings (SSSR count). The van der Waals surface area contributed by atoms with Crippen LogP contribution in [0.25, 0.3) is 11.0 Å². The van der Waals surface area contributed by atoms with Crippen molar-refractivity contribution in [3.63, 3.8) is 0 Å². The number of benzene rings is 1. The Balaban J connectivity index is 1.59. The number of aromatic nitrogens is 1. The van der Waals surface area contributed by atoms with Crippen LogP contribution in [0.2, 0.25) is 10.0 Å². The zero-order valence-electron chi connectivity index (χ0n) is 19.6. The molecule has 1 aliphatic rings. The molecule has 8 nitrogen and oxygen atoms in total. The van der Waals surface area contributed by atoms with Gasteiger partial charge in [0, 0.05) is 52.9 Å². The molecule has 1 aromatic carbocycles. The molecule has 1 fully saturated rings. The van der Waals surface area contributed by atoms with E-state index in [2.05, 4.69) is 10.3 Å². The zero-order chi connectivity index (χ0) is 25.8. The number of hydrogen-bond acceptors (Lipinski definition) is 7. The van der Waals surface area contributed by atoms with E-state index in [9.17, 15) is 9.90 Å². The highest BCUT2D eigenvalue weighted by Gasteiger charge is 2.29. The smallest absolute Gasteiger partial charge is 0.245 e. The largest absolute Gasteiger partial charge is 0.495 e.